The molecule has 14 heteroatoms. The summed E-state index contributed by atoms with van der Waals surface area (Å²) in [5.41, 5.74) is 1.97. The van der Waals surface area contributed by atoms with Crippen LogP contribution in [0.1, 0.15) is 29.4 Å². The van der Waals surface area contributed by atoms with Crippen LogP contribution < -0.4 is 0 Å². The number of nitrogens with zero attached hydrogens (tertiary/aromatic N) is 7. The van der Waals surface area contributed by atoms with E-state index in [4.69, 9.17) is 16.3 Å². The molecule has 2 N–H and O–H groups in total. The number of hydrogen-bond donors (Lipinski definition) is 2. The number of aromatic nitrogens is 7. The summed E-state index contributed by atoms with van der Waals surface area (Å²) in [6, 6.07) is 7.18. The molecule has 1 fully saturated rings. The van der Waals surface area contributed by atoms with Crippen molar-refractivity contribution in [2.24, 2.45) is 0 Å². The largest absolute Gasteiger partial charge is 0.394 e. The minimum atomic E-state index is -1.14. The van der Waals surface area contributed by atoms with E-state index in [9.17, 15) is 19.0 Å². The summed E-state index contributed by atoms with van der Waals surface area (Å²) in [4.78, 5) is 8.90. The standard InChI is InChI=1S/C24H20ClF2N7O3S/c1-11-30-16-3-2-13(6-21(16)38-11)34-24(28-10-29-34)19-7-18(23(36)20(9-35)37-19)33-8-17(31-32-33)12-4-14(26)22(25)15(27)5-12/h2-6,8,10,18-20,23,35-36H,7,9H2,1H3. The van der Waals surface area contributed by atoms with Gasteiger partial charge in [0.2, 0.25) is 0 Å². The zero-order chi connectivity index (χ0) is 26.6. The second-order valence-corrected chi connectivity index (χ2v) is 10.5. The predicted molar refractivity (Wildman–Crippen MR) is 134 cm³/mol. The Morgan fingerprint density at radius 2 is 2.00 bits per heavy atom. The summed E-state index contributed by atoms with van der Waals surface area (Å²) in [5.74, 6) is -1.37. The molecule has 4 atom stereocenters. The van der Waals surface area contributed by atoms with E-state index >= 15 is 0 Å². The fourth-order valence-electron chi connectivity index (χ4n) is 4.64. The quantitative estimate of drug-likeness (QED) is 0.312. The number of aliphatic hydroxyl groups is 2. The van der Waals surface area contributed by atoms with E-state index in [1.54, 1.807) is 16.0 Å². The van der Waals surface area contributed by atoms with Crippen molar-refractivity contribution in [3.8, 4) is 16.9 Å². The lowest BCUT2D eigenvalue weighted by atomic mass is 9.95. The topological polar surface area (TPSA) is 124 Å². The molecule has 0 bridgehead atoms. The van der Waals surface area contributed by atoms with Crippen molar-refractivity contribution >= 4 is 33.2 Å². The maximum Gasteiger partial charge on any atom is 0.161 e. The van der Waals surface area contributed by atoms with E-state index in [0.29, 0.717) is 5.82 Å². The number of halogens is 3. The van der Waals surface area contributed by atoms with Crippen LogP contribution in [0.4, 0.5) is 8.78 Å². The first kappa shape index (κ1) is 24.9. The fraction of sp³-hybridized carbons (Fsp3) is 0.292. The van der Waals surface area contributed by atoms with Gasteiger partial charge < -0.3 is 14.9 Å². The minimum Gasteiger partial charge on any atom is -0.394 e. The lowest BCUT2D eigenvalue weighted by Gasteiger charge is -2.38. The SMILES string of the molecule is Cc1nc2ccc(-n3ncnc3C3CC(n4cc(-c5cc(F)c(Cl)c(F)c5)nn4)C(O)C(CO)O3)cc2s1. The maximum absolute atomic E-state index is 14.0. The van der Waals surface area contributed by atoms with Crippen LogP contribution in [0.2, 0.25) is 5.02 Å². The van der Waals surface area contributed by atoms with Gasteiger partial charge in [-0.05, 0) is 37.3 Å². The van der Waals surface area contributed by atoms with Gasteiger partial charge in [-0.1, -0.05) is 16.8 Å². The zero-order valence-corrected chi connectivity index (χ0v) is 21.3. The van der Waals surface area contributed by atoms with Crippen molar-refractivity contribution in [2.45, 2.75) is 37.7 Å². The number of aliphatic hydroxyl groups excluding tert-OH is 2. The molecule has 196 valence electrons. The molecule has 2 aromatic carbocycles. The normalized spacial score (nSPS) is 21.8. The van der Waals surface area contributed by atoms with E-state index in [1.807, 2.05) is 25.1 Å². The lowest BCUT2D eigenvalue weighted by Crippen LogP contribution is -2.45. The van der Waals surface area contributed by atoms with Gasteiger partial charge in [0, 0.05) is 12.0 Å². The Morgan fingerprint density at radius 3 is 2.76 bits per heavy atom. The second kappa shape index (κ2) is 9.75. The van der Waals surface area contributed by atoms with Gasteiger partial charge in [-0.2, -0.15) is 5.10 Å². The monoisotopic (exact) mass is 559 g/mol. The number of ether oxygens (including phenoxy) is 1. The molecule has 0 radical (unpaired) electrons. The molecule has 1 saturated heterocycles. The average molecular weight is 560 g/mol. The van der Waals surface area contributed by atoms with Crippen LogP contribution >= 0.6 is 22.9 Å². The van der Waals surface area contributed by atoms with Crippen LogP contribution in [-0.2, 0) is 4.74 Å². The van der Waals surface area contributed by atoms with E-state index in [-0.39, 0.29) is 17.7 Å². The molecule has 4 heterocycles. The van der Waals surface area contributed by atoms with E-state index < -0.39 is 47.6 Å². The van der Waals surface area contributed by atoms with Crippen LogP contribution in [0.15, 0.2) is 42.9 Å². The van der Waals surface area contributed by atoms with Crippen molar-refractivity contribution in [1.29, 1.82) is 0 Å². The first-order valence-electron chi connectivity index (χ1n) is 11.6. The third-order valence-electron chi connectivity index (χ3n) is 6.47. The average Bonchev–Trinajstić information content (AvgIpc) is 3.65. The smallest absolute Gasteiger partial charge is 0.161 e. The maximum atomic E-state index is 14.0. The van der Waals surface area contributed by atoms with Crippen molar-refractivity contribution in [1.82, 2.24) is 34.7 Å². The van der Waals surface area contributed by atoms with Gasteiger partial charge in [0.1, 0.15) is 47.0 Å². The van der Waals surface area contributed by atoms with Gasteiger partial charge >= 0.3 is 0 Å². The van der Waals surface area contributed by atoms with Crippen LogP contribution in [-0.4, -0.2) is 63.8 Å². The number of thiazole rings is 1. The van der Waals surface area contributed by atoms with Crippen molar-refractivity contribution < 1.29 is 23.7 Å². The minimum absolute atomic E-state index is 0.140. The molecule has 38 heavy (non-hydrogen) atoms. The van der Waals surface area contributed by atoms with Crippen LogP contribution in [0, 0.1) is 18.6 Å². The van der Waals surface area contributed by atoms with E-state index in [2.05, 4.69) is 25.4 Å². The summed E-state index contributed by atoms with van der Waals surface area (Å²) in [7, 11) is 0. The van der Waals surface area contributed by atoms with Gasteiger partial charge in [0.25, 0.3) is 0 Å². The Kier molecular flexibility index (Phi) is 6.40. The third-order valence-corrected chi connectivity index (χ3v) is 7.76. The molecule has 6 rings (SSSR count). The lowest BCUT2D eigenvalue weighted by molar-refractivity contribution is -0.161. The number of aryl methyl sites for hydroxylation is 1. The van der Waals surface area contributed by atoms with E-state index in [1.165, 1.54) is 17.2 Å². The van der Waals surface area contributed by atoms with Crippen molar-refractivity contribution in [3.05, 3.63) is 70.3 Å². The highest BCUT2D eigenvalue weighted by molar-refractivity contribution is 7.18. The Hall–Kier alpha value is -3.36. The Bertz CT molecular complexity index is 1620. The molecule has 10 nitrogen and oxygen atoms in total. The molecule has 3 aromatic heterocycles. The number of hydrogen-bond acceptors (Lipinski definition) is 9. The molecule has 4 unspecified atom stereocenters. The van der Waals surface area contributed by atoms with Gasteiger partial charge in [0.05, 0.1) is 39.8 Å². The molecule has 0 spiro atoms. The van der Waals surface area contributed by atoms with E-state index in [0.717, 1.165) is 33.0 Å². The Balaban J connectivity index is 1.33. The molecule has 0 amide bonds. The Labute approximate surface area is 223 Å². The summed E-state index contributed by atoms with van der Waals surface area (Å²) >= 11 is 7.16. The van der Waals surface area contributed by atoms with Crippen molar-refractivity contribution in [2.75, 3.05) is 6.61 Å². The molecule has 1 aliphatic heterocycles. The molecular weight excluding hydrogens is 540 g/mol. The number of rotatable bonds is 5. The molecule has 5 aromatic rings. The summed E-state index contributed by atoms with van der Waals surface area (Å²) < 4.78 is 38.0. The summed E-state index contributed by atoms with van der Waals surface area (Å²) in [6.45, 7) is 1.49. The van der Waals surface area contributed by atoms with Gasteiger partial charge in [-0.3, -0.25) is 0 Å². The highest BCUT2D eigenvalue weighted by atomic mass is 35.5. The van der Waals surface area contributed by atoms with Crippen molar-refractivity contribution in [3.63, 3.8) is 0 Å². The number of benzene rings is 2. The fourth-order valence-corrected chi connectivity index (χ4v) is 5.61. The first-order chi connectivity index (χ1) is 18.3. The highest BCUT2D eigenvalue weighted by Crippen LogP contribution is 2.38. The summed E-state index contributed by atoms with van der Waals surface area (Å²) in [6.07, 6.45) is 0.333. The zero-order valence-electron chi connectivity index (χ0n) is 19.7. The predicted octanol–water partition coefficient (Wildman–Crippen LogP) is 3.80. The van der Waals surface area contributed by atoms with Crippen LogP contribution in [0.5, 0.6) is 0 Å². The molecule has 0 saturated carbocycles. The van der Waals surface area contributed by atoms with Crippen LogP contribution in [0.25, 0.3) is 27.2 Å². The molecular formula is C24H20ClF2N7O3S. The first-order valence-corrected chi connectivity index (χ1v) is 12.8. The second-order valence-electron chi connectivity index (χ2n) is 8.89. The molecule has 0 aliphatic carbocycles. The highest BCUT2D eigenvalue weighted by Gasteiger charge is 2.41. The number of fused-ring (bicyclic) bond motifs is 1. The van der Waals surface area contributed by atoms with Crippen LogP contribution in [0.3, 0.4) is 0 Å². The van der Waals surface area contributed by atoms with Gasteiger partial charge in [-0.15, -0.1) is 16.4 Å². The van der Waals surface area contributed by atoms with Gasteiger partial charge in [0.15, 0.2) is 5.82 Å². The Morgan fingerprint density at radius 1 is 1.21 bits per heavy atom. The molecule has 1 aliphatic rings. The third kappa shape index (κ3) is 4.35. The van der Waals surface area contributed by atoms with Gasteiger partial charge in [-0.25, -0.2) is 28.1 Å². The summed E-state index contributed by atoms with van der Waals surface area (Å²) in [5, 5.41) is 33.7.